The maximum absolute atomic E-state index is 12.4. The lowest BCUT2D eigenvalue weighted by Crippen LogP contribution is -2.42. The van der Waals surface area contributed by atoms with Crippen molar-refractivity contribution in [1.29, 1.82) is 0 Å². The number of fused-ring (bicyclic) bond motifs is 1. The Morgan fingerprint density at radius 2 is 1.89 bits per heavy atom. The molecule has 0 saturated carbocycles. The third kappa shape index (κ3) is 6.02. The number of nitrogens with zero attached hydrogens (tertiary/aromatic N) is 4. The Balaban J connectivity index is 1.21. The van der Waals surface area contributed by atoms with Crippen LogP contribution in [0, 0.1) is 13.8 Å². The summed E-state index contributed by atoms with van der Waals surface area (Å²) in [5, 5.41) is 17.8. The van der Waals surface area contributed by atoms with Gasteiger partial charge in [-0.15, -0.1) is 0 Å². The molecule has 0 spiro atoms. The SMILES string of the molecule is CCOC(=O)c1cnn(-c2cccc(-c3cccc4c3C(Nc3ccc(C5CCN(C(=O)C(C)O)CC5)cc3C)CO4)n2)c1C. The van der Waals surface area contributed by atoms with Crippen LogP contribution in [0.2, 0.25) is 0 Å². The third-order valence-electron chi connectivity index (χ3n) is 8.77. The fourth-order valence-corrected chi connectivity index (χ4v) is 6.35. The number of ether oxygens (including phenoxy) is 2. The number of aryl methyl sites for hydroxylation is 1. The van der Waals surface area contributed by atoms with E-state index in [0.717, 1.165) is 46.7 Å². The van der Waals surface area contributed by atoms with E-state index in [0.29, 0.717) is 49.3 Å². The maximum Gasteiger partial charge on any atom is 0.341 e. The third-order valence-corrected chi connectivity index (χ3v) is 8.77. The highest BCUT2D eigenvalue weighted by Crippen LogP contribution is 2.42. The summed E-state index contributed by atoms with van der Waals surface area (Å²) in [7, 11) is 0. The molecule has 0 radical (unpaired) electrons. The number of aliphatic hydroxyl groups excluding tert-OH is 1. The number of rotatable bonds is 8. The Hall–Kier alpha value is -4.70. The van der Waals surface area contributed by atoms with E-state index in [-0.39, 0.29) is 11.9 Å². The predicted molar refractivity (Wildman–Crippen MR) is 171 cm³/mol. The summed E-state index contributed by atoms with van der Waals surface area (Å²) in [6, 6.07) is 18.3. The van der Waals surface area contributed by atoms with Gasteiger partial charge in [-0.2, -0.15) is 5.10 Å². The van der Waals surface area contributed by atoms with Crippen molar-refractivity contribution in [3.63, 3.8) is 0 Å². The molecule has 2 atom stereocenters. The van der Waals surface area contributed by atoms with E-state index in [2.05, 4.69) is 41.6 Å². The van der Waals surface area contributed by atoms with Crippen molar-refractivity contribution in [3.05, 3.63) is 88.7 Å². The first-order chi connectivity index (χ1) is 21.7. The second kappa shape index (κ2) is 12.7. The highest BCUT2D eigenvalue weighted by Gasteiger charge is 2.30. The van der Waals surface area contributed by atoms with Crippen molar-refractivity contribution in [2.24, 2.45) is 0 Å². The highest BCUT2D eigenvalue weighted by molar-refractivity contribution is 5.90. The van der Waals surface area contributed by atoms with E-state index in [1.807, 2.05) is 37.3 Å². The standard InChI is InChI=1S/C35H39N5O5/c1-5-44-35(43)27-19-36-40(22(27)3)32-11-7-9-29(38-32)26-8-6-10-31-33(26)30(20-45-31)37-28-13-12-25(18-21(28)2)24-14-16-39(17-15-24)34(42)23(4)41/h6-13,18-19,23-24,30,37,41H,5,14-17,20H2,1-4H3. The van der Waals surface area contributed by atoms with Gasteiger partial charge in [0.1, 0.15) is 24.0 Å². The molecule has 2 aliphatic heterocycles. The van der Waals surface area contributed by atoms with Crippen LogP contribution < -0.4 is 10.1 Å². The molecule has 234 valence electrons. The van der Waals surface area contributed by atoms with E-state index in [9.17, 15) is 14.7 Å². The van der Waals surface area contributed by atoms with E-state index >= 15 is 0 Å². The van der Waals surface area contributed by atoms with Gasteiger partial charge >= 0.3 is 5.97 Å². The van der Waals surface area contributed by atoms with Crippen molar-refractivity contribution < 1.29 is 24.2 Å². The Labute approximate surface area is 263 Å². The Kier molecular flexibility index (Phi) is 8.58. The molecule has 10 heteroatoms. The maximum atomic E-state index is 12.4. The second-order valence-electron chi connectivity index (χ2n) is 11.7. The quantitative estimate of drug-likeness (QED) is 0.256. The highest BCUT2D eigenvalue weighted by atomic mass is 16.5. The van der Waals surface area contributed by atoms with Gasteiger partial charge in [-0.25, -0.2) is 14.5 Å². The van der Waals surface area contributed by atoms with Crippen LogP contribution in [-0.2, 0) is 9.53 Å². The number of esters is 1. The van der Waals surface area contributed by atoms with E-state index in [1.165, 1.54) is 18.7 Å². The van der Waals surface area contributed by atoms with Crippen molar-refractivity contribution in [2.75, 3.05) is 31.6 Å². The van der Waals surface area contributed by atoms with Crippen molar-refractivity contribution in [3.8, 4) is 22.8 Å². The number of aromatic nitrogens is 3. The monoisotopic (exact) mass is 609 g/mol. The van der Waals surface area contributed by atoms with Gasteiger partial charge < -0.3 is 24.8 Å². The fourth-order valence-electron chi connectivity index (χ4n) is 6.35. The normalized spacial score (nSPS) is 17.0. The summed E-state index contributed by atoms with van der Waals surface area (Å²) in [5.41, 5.74) is 7.33. The minimum atomic E-state index is -0.953. The van der Waals surface area contributed by atoms with Crippen molar-refractivity contribution in [2.45, 2.75) is 58.6 Å². The zero-order valence-corrected chi connectivity index (χ0v) is 26.1. The van der Waals surface area contributed by atoms with Crippen molar-refractivity contribution in [1.82, 2.24) is 19.7 Å². The zero-order chi connectivity index (χ0) is 31.7. The molecular weight excluding hydrogens is 570 g/mol. The van der Waals surface area contributed by atoms with Crippen LogP contribution in [0.1, 0.15) is 71.4 Å². The van der Waals surface area contributed by atoms with Crippen LogP contribution in [-0.4, -0.2) is 69.1 Å². The number of piperidine rings is 1. The number of anilines is 1. The van der Waals surface area contributed by atoms with Crippen molar-refractivity contribution >= 4 is 17.6 Å². The van der Waals surface area contributed by atoms with E-state index in [1.54, 1.807) is 16.5 Å². The molecule has 1 amide bonds. The molecule has 1 saturated heterocycles. The lowest BCUT2D eigenvalue weighted by atomic mass is 9.88. The summed E-state index contributed by atoms with van der Waals surface area (Å²) < 4.78 is 13.0. The molecule has 2 aromatic heterocycles. The van der Waals surface area contributed by atoms with Crippen LogP contribution in [0.5, 0.6) is 5.75 Å². The number of amides is 1. The topological polar surface area (TPSA) is 119 Å². The van der Waals surface area contributed by atoms with Crippen LogP contribution in [0.4, 0.5) is 5.69 Å². The molecule has 2 aromatic carbocycles. The molecule has 4 heterocycles. The van der Waals surface area contributed by atoms with Crippen LogP contribution in [0.15, 0.2) is 60.8 Å². The number of carbonyl (C=O) groups excluding carboxylic acids is 2. The number of benzene rings is 2. The van der Waals surface area contributed by atoms with Crippen LogP contribution in [0.25, 0.3) is 17.1 Å². The molecule has 2 N–H and O–H groups in total. The number of likely N-dealkylation sites (tertiary alicyclic amines) is 1. The van der Waals surface area contributed by atoms with Gasteiger partial charge in [-0.3, -0.25) is 4.79 Å². The van der Waals surface area contributed by atoms with Gasteiger partial charge in [0.25, 0.3) is 5.91 Å². The number of nitrogens with one attached hydrogen (secondary N) is 1. The Morgan fingerprint density at radius 1 is 1.11 bits per heavy atom. The summed E-state index contributed by atoms with van der Waals surface area (Å²) >= 11 is 0. The largest absolute Gasteiger partial charge is 0.491 e. The average Bonchev–Trinajstić information content (AvgIpc) is 3.65. The average molecular weight is 610 g/mol. The zero-order valence-electron chi connectivity index (χ0n) is 26.1. The minimum Gasteiger partial charge on any atom is -0.491 e. The molecular formula is C35H39N5O5. The van der Waals surface area contributed by atoms with E-state index in [4.69, 9.17) is 14.5 Å². The molecule has 2 aliphatic rings. The molecule has 0 aliphatic carbocycles. The molecule has 2 unspecified atom stereocenters. The molecule has 0 bridgehead atoms. The van der Waals surface area contributed by atoms with Gasteiger partial charge in [0.15, 0.2) is 5.82 Å². The summed E-state index contributed by atoms with van der Waals surface area (Å²) in [6.45, 7) is 9.36. The van der Waals surface area contributed by atoms with E-state index < -0.39 is 12.1 Å². The summed E-state index contributed by atoms with van der Waals surface area (Å²) in [4.78, 5) is 31.2. The fraction of sp³-hybridized carbons (Fsp3) is 0.371. The molecule has 4 aromatic rings. The number of pyridine rings is 1. The molecule has 10 nitrogen and oxygen atoms in total. The lowest BCUT2D eigenvalue weighted by Gasteiger charge is -2.33. The predicted octanol–water partition coefficient (Wildman–Crippen LogP) is 5.36. The van der Waals surface area contributed by atoms with Gasteiger partial charge in [0, 0.05) is 29.9 Å². The first-order valence-electron chi connectivity index (χ1n) is 15.5. The molecule has 6 rings (SSSR count). The lowest BCUT2D eigenvalue weighted by molar-refractivity contribution is -0.140. The molecule has 45 heavy (non-hydrogen) atoms. The van der Waals surface area contributed by atoms with Gasteiger partial charge in [-0.05, 0) is 81.8 Å². The number of aliphatic hydroxyl groups is 1. The number of hydrogen-bond acceptors (Lipinski definition) is 8. The second-order valence-corrected chi connectivity index (χ2v) is 11.7. The summed E-state index contributed by atoms with van der Waals surface area (Å²) in [6.07, 6.45) is 2.33. The van der Waals surface area contributed by atoms with Crippen LogP contribution in [0.3, 0.4) is 0 Å². The van der Waals surface area contributed by atoms with Crippen LogP contribution >= 0.6 is 0 Å². The Bertz CT molecular complexity index is 1720. The summed E-state index contributed by atoms with van der Waals surface area (Å²) in [5.74, 6) is 1.22. The number of hydrogen-bond donors (Lipinski definition) is 2. The first-order valence-corrected chi connectivity index (χ1v) is 15.5. The first kappa shape index (κ1) is 30.3. The minimum absolute atomic E-state index is 0.0808. The van der Waals surface area contributed by atoms with Gasteiger partial charge in [0.05, 0.1) is 30.2 Å². The Morgan fingerprint density at radius 3 is 2.62 bits per heavy atom. The van der Waals surface area contributed by atoms with Gasteiger partial charge in [0.2, 0.25) is 0 Å². The number of carbonyl (C=O) groups is 2. The van der Waals surface area contributed by atoms with Gasteiger partial charge in [-0.1, -0.05) is 30.3 Å². The smallest absolute Gasteiger partial charge is 0.341 e. The molecule has 1 fully saturated rings.